The lowest BCUT2D eigenvalue weighted by Gasteiger charge is -2.19. The van der Waals surface area contributed by atoms with E-state index in [1.165, 1.54) is 0 Å². The van der Waals surface area contributed by atoms with Gasteiger partial charge in [0, 0.05) is 0 Å². The molecule has 0 aromatic rings. The molecule has 1 N–H and O–H groups in total. The van der Waals surface area contributed by atoms with Crippen molar-refractivity contribution in [2.75, 3.05) is 0 Å². The first-order valence-corrected chi connectivity index (χ1v) is 7.06. The van der Waals surface area contributed by atoms with Crippen LogP contribution >= 0.6 is 0 Å². The predicted octanol–water partition coefficient (Wildman–Crippen LogP) is 1.90. The third kappa shape index (κ3) is 1.08. The molecule has 4 aliphatic rings. The number of carbonyl (C=O) groups is 1. The van der Waals surface area contributed by atoms with E-state index in [0.717, 1.165) is 18.4 Å². The molecule has 1 heterocycles. The van der Waals surface area contributed by atoms with Crippen LogP contribution < -0.4 is 0 Å². The lowest BCUT2D eigenvalue weighted by Crippen LogP contribution is -2.20. The molecule has 6 atom stereocenters. The fourth-order valence-electron chi connectivity index (χ4n) is 5.09. The first-order valence-electron chi connectivity index (χ1n) is 7.06. The van der Waals surface area contributed by atoms with E-state index in [1.54, 1.807) is 0 Å². The van der Waals surface area contributed by atoms with Gasteiger partial charge in [0.05, 0.1) is 11.7 Å². The van der Waals surface area contributed by atoms with Crippen molar-refractivity contribution in [2.24, 2.45) is 29.1 Å². The van der Waals surface area contributed by atoms with Gasteiger partial charge in [0.25, 0.3) is 0 Å². The van der Waals surface area contributed by atoms with Crippen LogP contribution in [0.2, 0.25) is 0 Å². The second-order valence-corrected chi connectivity index (χ2v) is 7.21. The van der Waals surface area contributed by atoms with Gasteiger partial charge in [-0.25, -0.2) is 4.79 Å². The van der Waals surface area contributed by atoms with E-state index in [-0.39, 0.29) is 12.1 Å². The Bertz CT molecular complexity index is 476. The molecule has 3 aliphatic carbocycles. The third-order valence-electron chi connectivity index (χ3n) is 6.02. The van der Waals surface area contributed by atoms with E-state index < -0.39 is 6.10 Å². The van der Waals surface area contributed by atoms with Gasteiger partial charge in [0.2, 0.25) is 0 Å². The van der Waals surface area contributed by atoms with Crippen molar-refractivity contribution >= 4 is 5.97 Å². The number of ether oxygens (including phenoxy) is 1. The van der Waals surface area contributed by atoms with Crippen LogP contribution in [0.25, 0.3) is 0 Å². The number of hydrogen-bond donors (Lipinski definition) is 1. The molecule has 0 aromatic heterocycles. The van der Waals surface area contributed by atoms with E-state index in [4.69, 9.17) is 4.74 Å². The topological polar surface area (TPSA) is 46.5 Å². The molecule has 3 heteroatoms. The summed E-state index contributed by atoms with van der Waals surface area (Å²) in [6, 6.07) is 0. The summed E-state index contributed by atoms with van der Waals surface area (Å²) in [5, 5.41) is 10.3. The highest BCUT2D eigenvalue weighted by atomic mass is 16.5. The molecule has 0 spiro atoms. The molecule has 18 heavy (non-hydrogen) atoms. The summed E-state index contributed by atoms with van der Waals surface area (Å²) in [5.74, 6) is 1.99. The van der Waals surface area contributed by atoms with Gasteiger partial charge in [-0.05, 0) is 47.5 Å². The fraction of sp³-hybridized carbons (Fsp3) is 0.800. The van der Waals surface area contributed by atoms with Gasteiger partial charge in [0.15, 0.2) is 0 Å². The molecule has 0 unspecified atom stereocenters. The average molecular weight is 248 g/mol. The Hall–Kier alpha value is -0.830. The molecule has 98 valence electrons. The Morgan fingerprint density at radius 2 is 2.06 bits per heavy atom. The van der Waals surface area contributed by atoms with Crippen molar-refractivity contribution in [3.8, 4) is 0 Å². The monoisotopic (exact) mass is 248 g/mol. The summed E-state index contributed by atoms with van der Waals surface area (Å²) < 4.78 is 5.46. The van der Waals surface area contributed by atoms with Crippen molar-refractivity contribution < 1.29 is 14.6 Å². The molecule has 0 bridgehead atoms. The van der Waals surface area contributed by atoms with Gasteiger partial charge in [-0.1, -0.05) is 20.8 Å². The van der Waals surface area contributed by atoms with E-state index >= 15 is 0 Å². The van der Waals surface area contributed by atoms with Gasteiger partial charge >= 0.3 is 5.97 Å². The standard InChI is InChI=1S/C15H20O3/c1-6-4-9-12-10(6)13-7(15(13,2)3)5-8(16)11(12)14(17)18-9/h6-10,13,16H,4-5H2,1-3H3/t6-,7-,8+,9+,10-,13-/m1/s1. The van der Waals surface area contributed by atoms with E-state index in [1.807, 2.05) is 0 Å². The van der Waals surface area contributed by atoms with Crippen LogP contribution in [0.3, 0.4) is 0 Å². The van der Waals surface area contributed by atoms with Crippen molar-refractivity contribution in [1.82, 2.24) is 0 Å². The maximum Gasteiger partial charge on any atom is 0.337 e. The number of rotatable bonds is 0. The fourth-order valence-corrected chi connectivity index (χ4v) is 5.09. The third-order valence-corrected chi connectivity index (χ3v) is 6.02. The highest BCUT2D eigenvalue weighted by Crippen LogP contribution is 2.70. The summed E-state index contributed by atoms with van der Waals surface area (Å²) >= 11 is 0. The minimum atomic E-state index is -0.595. The summed E-state index contributed by atoms with van der Waals surface area (Å²) in [6.45, 7) is 6.88. The summed E-state index contributed by atoms with van der Waals surface area (Å²) in [6.07, 6.45) is 1.06. The number of hydrogen-bond acceptors (Lipinski definition) is 3. The Labute approximate surface area is 107 Å². The van der Waals surface area contributed by atoms with Crippen LogP contribution in [-0.4, -0.2) is 23.3 Å². The van der Waals surface area contributed by atoms with Crippen molar-refractivity contribution in [2.45, 2.75) is 45.8 Å². The Balaban J connectivity index is 1.87. The van der Waals surface area contributed by atoms with Crippen LogP contribution in [0.1, 0.15) is 33.6 Å². The molecular formula is C15H20O3. The van der Waals surface area contributed by atoms with Gasteiger partial charge < -0.3 is 9.84 Å². The molecule has 1 aliphatic heterocycles. The van der Waals surface area contributed by atoms with Crippen LogP contribution in [0.4, 0.5) is 0 Å². The van der Waals surface area contributed by atoms with Crippen molar-refractivity contribution in [1.29, 1.82) is 0 Å². The number of esters is 1. The highest BCUT2D eigenvalue weighted by molar-refractivity contribution is 5.94. The molecule has 0 radical (unpaired) electrons. The number of aliphatic hydroxyl groups is 1. The Kier molecular flexibility index (Phi) is 1.84. The summed E-state index contributed by atoms with van der Waals surface area (Å²) in [4.78, 5) is 11.9. The lowest BCUT2D eigenvalue weighted by atomic mass is 9.84. The Morgan fingerprint density at radius 1 is 1.33 bits per heavy atom. The molecule has 3 nitrogen and oxygen atoms in total. The second-order valence-electron chi connectivity index (χ2n) is 7.21. The van der Waals surface area contributed by atoms with Crippen molar-refractivity contribution in [3.63, 3.8) is 0 Å². The first-order chi connectivity index (χ1) is 8.43. The lowest BCUT2D eigenvalue weighted by molar-refractivity contribution is -0.140. The van der Waals surface area contributed by atoms with Crippen LogP contribution in [-0.2, 0) is 9.53 Å². The van der Waals surface area contributed by atoms with Gasteiger partial charge in [-0.15, -0.1) is 0 Å². The zero-order valence-corrected chi connectivity index (χ0v) is 11.1. The number of carbonyl (C=O) groups excluding carboxylic acids is 1. The Morgan fingerprint density at radius 3 is 2.78 bits per heavy atom. The zero-order chi connectivity index (χ0) is 12.8. The van der Waals surface area contributed by atoms with E-state index in [9.17, 15) is 9.90 Å². The predicted molar refractivity (Wildman–Crippen MR) is 65.6 cm³/mol. The maximum atomic E-state index is 11.9. The molecule has 0 amide bonds. The van der Waals surface area contributed by atoms with Crippen LogP contribution in [0, 0.1) is 29.1 Å². The normalized spacial score (nSPS) is 51.7. The van der Waals surface area contributed by atoms with Gasteiger partial charge in [-0.3, -0.25) is 0 Å². The molecule has 4 rings (SSSR count). The SMILES string of the molecule is C[C@@H]1C[C@@H]2OC(=O)C3=C2[C@@H]1[C@H]1[C@@H](C[C@@H]3O)C1(C)C. The quantitative estimate of drug-likeness (QED) is 0.666. The van der Waals surface area contributed by atoms with Gasteiger partial charge in [0.1, 0.15) is 6.10 Å². The molecule has 0 saturated heterocycles. The second kappa shape index (κ2) is 3.01. The minimum Gasteiger partial charge on any atom is -0.454 e. The molecule has 0 aromatic carbocycles. The zero-order valence-electron chi connectivity index (χ0n) is 11.1. The minimum absolute atomic E-state index is 0.0303. The summed E-state index contributed by atoms with van der Waals surface area (Å²) in [7, 11) is 0. The van der Waals surface area contributed by atoms with E-state index in [2.05, 4.69) is 20.8 Å². The van der Waals surface area contributed by atoms with E-state index in [0.29, 0.717) is 34.7 Å². The highest BCUT2D eigenvalue weighted by Gasteiger charge is 2.67. The largest absolute Gasteiger partial charge is 0.454 e. The van der Waals surface area contributed by atoms with Crippen LogP contribution in [0.15, 0.2) is 11.1 Å². The summed E-state index contributed by atoms with van der Waals surface area (Å²) in [5.41, 5.74) is 2.11. The average Bonchev–Trinajstić information content (AvgIpc) is 2.52. The molecular weight excluding hydrogens is 228 g/mol. The number of aliphatic hydroxyl groups excluding tert-OH is 1. The van der Waals surface area contributed by atoms with Crippen LogP contribution in [0.5, 0.6) is 0 Å². The molecule has 2 saturated carbocycles. The maximum absolute atomic E-state index is 11.9. The van der Waals surface area contributed by atoms with Crippen molar-refractivity contribution in [3.05, 3.63) is 11.1 Å². The number of fused-ring (bicyclic) bond motifs is 2. The molecule has 2 fully saturated rings. The first kappa shape index (κ1) is 11.0. The smallest absolute Gasteiger partial charge is 0.337 e. The van der Waals surface area contributed by atoms with Gasteiger partial charge in [-0.2, -0.15) is 0 Å².